The Morgan fingerprint density at radius 2 is 2.11 bits per heavy atom. The number of anilines is 1. The summed E-state index contributed by atoms with van der Waals surface area (Å²) >= 11 is 0. The summed E-state index contributed by atoms with van der Waals surface area (Å²) in [5.41, 5.74) is 1.67. The maximum atomic E-state index is 12.1. The Morgan fingerprint density at radius 1 is 1.29 bits per heavy atom. The number of rotatable bonds is 3. The Morgan fingerprint density at radius 3 is 2.82 bits per heavy atom. The molecule has 9 nitrogen and oxygen atoms in total. The minimum Gasteiger partial charge on any atom is -0.354 e. The van der Waals surface area contributed by atoms with Crippen molar-refractivity contribution in [3.05, 3.63) is 23.8 Å². The summed E-state index contributed by atoms with van der Waals surface area (Å²) in [6.45, 7) is 6.99. The van der Waals surface area contributed by atoms with Crippen molar-refractivity contribution in [2.75, 3.05) is 31.1 Å². The van der Waals surface area contributed by atoms with Crippen molar-refractivity contribution in [2.24, 2.45) is 0 Å². The lowest BCUT2D eigenvalue weighted by atomic mass is 10.1. The van der Waals surface area contributed by atoms with Crippen molar-refractivity contribution in [2.45, 2.75) is 32.9 Å². The molecule has 2 aliphatic rings. The van der Waals surface area contributed by atoms with Gasteiger partial charge in [-0.05, 0) is 24.6 Å². The first-order valence-electron chi connectivity index (χ1n) is 9.41. The molecular weight excluding hydrogens is 362 g/mol. The van der Waals surface area contributed by atoms with Crippen LogP contribution in [0, 0.1) is 0 Å². The lowest BCUT2D eigenvalue weighted by Gasteiger charge is -2.39. The lowest BCUT2D eigenvalue weighted by Crippen LogP contribution is -2.52. The Hall–Kier alpha value is -2.94. The molecule has 4 rings (SSSR count). The Kier molecular flexibility index (Phi) is 4.76. The predicted molar refractivity (Wildman–Crippen MR) is 102 cm³/mol. The van der Waals surface area contributed by atoms with Gasteiger partial charge in [-0.25, -0.2) is 4.79 Å². The fraction of sp³-hybridized carbons (Fsp3) is 0.474. The molecule has 1 aromatic heterocycles. The third-order valence-corrected chi connectivity index (χ3v) is 5.42. The van der Waals surface area contributed by atoms with Crippen LogP contribution in [0.3, 0.4) is 0 Å². The second-order valence-corrected chi connectivity index (χ2v) is 7.38. The van der Waals surface area contributed by atoms with Crippen LogP contribution in [-0.2, 0) is 16.1 Å². The van der Waals surface area contributed by atoms with E-state index in [1.165, 1.54) is 4.90 Å². The van der Waals surface area contributed by atoms with E-state index >= 15 is 0 Å². The fourth-order valence-electron chi connectivity index (χ4n) is 3.78. The number of nitrogens with one attached hydrogen (secondary N) is 1. The second kappa shape index (κ2) is 7.23. The highest BCUT2D eigenvalue weighted by Crippen LogP contribution is 2.29. The van der Waals surface area contributed by atoms with Crippen molar-refractivity contribution < 1.29 is 18.9 Å². The summed E-state index contributed by atoms with van der Waals surface area (Å²) < 4.78 is 5.37. The van der Waals surface area contributed by atoms with Gasteiger partial charge in [-0.15, -0.1) is 0 Å². The van der Waals surface area contributed by atoms with E-state index in [-0.39, 0.29) is 30.8 Å². The summed E-state index contributed by atoms with van der Waals surface area (Å²) in [5.74, 6) is 0.255. The van der Waals surface area contributed by atoms with Gasteiger partial charge >= 0.3 is 6.03 Å². The number of benzene rings is 1. The number of urea groups is 1. The molecule has 2 aromatic rings. The second-order valence-electron chi connectivity index (χ2n) is 7.38. The van der Waals surface area contributed by atoms with E-state index in [2.05, 4.69) is 22.3 Å². The van der Waals surface area contributed by atoms with Gasteiger partial charge in [0, 0.05) is 52.1 Å². The van der Waals surface area contributed by atoms with Gasteiger partial charge in [0.25, 0.3) is 0 Å². The number of hydrogen-bond donors (Lipinski definition) is 1. The quantitative estimate of drug-likeness (QED) is 0.856. The molecule has 0 spiro atoms. The zero-order valence-electron chi connectivity index (χ0n) is 16.0. The number of fused-ring (bicyclic) bond motifs is 1. The van der Waals surface area contributed by atoms with Crippen molar-refractivity contribution in [1.82, 2.24) is 20.3 Å². The normalized spacial score (nSPS) is 21.3. The van der Waals surface area contributed by atoms with Crippen molar-refractivity contribution in [3.8, 4) is 0 Å². The van der Waals surface area contributed by atoms with E-state index < -0.39 is 6.03 Å². The minimum absolute atomic E-state index is 0.111. The monoisotopic (exact) mass is 385 g/mol. The van der Waals surface area contributed by atoms with Crippen LogP contribution < -0.4 is 10.2 Å². The molecule has 3 heterocycles. The van der Waals surface area contributed by atoms with E-state index in [4.69, 9.17) is 4.52 Å². The zero-order chi connectivity index (χ0) is 19.8. The molecule has 2 saturated heterocycles. The largest absolute Gasteiger partial charge is 0.354 e. The van der Waals surface area contributed by atoms with Gasteiger partial charge in [0.1, 0.15) is 0 Å². The summed E-state index contributed by atoms with van der Waals surface area (Å²) in [4.78, 5) is 40.8. The number of aromatic nitrogens is 1. The Bertz CT molecular complexity index is 940. The average Bonchev–Trinajstić information content (AvgIpc) is 3.06. The van der Waals surface area contributed by atoms with Crippen LogP contribution >= 0.6 is 0 Å². The van der Waals surface area contributed by atoms with Gasteiger partial charge in [-0.1, -0.05) is 11.2 Å². The van der Waals surface area contributed by atoms with E-state index in [9.17, 15) is 14.4 Å². The highest BCUT2D eigenvalue weighted by atomic mass is 16.5. The van der Waals surface area contributed by atoms with Crippen molar-refractivity contribution in [1.29, 1.82) is 0 Å². The maximum Gasteiger partial charge on any atom is 0.329 e. The van der Waals surface area contributed by atoms with E-state index in [0.29, 0.717) is 11.4 Å². The summed E-state index contributed by atoms with van der Waals surface area (Å²) in [6, 6.07) is 5.60. The number of carbonyl (C=O) groups excluding carboxylic acids is 3. The molecule has 2 aliphatic heterocycles. The van der Waals surface area contributed by atoms with Crippen molar-refractivity contribution in [3.63, 3.8) is 0 Å². The first kappa shape index (κ1) is 18.4. The van der Waals surface area contributed by atoms with Gasteiger partial charge < -0.3 is 9.42 Å². The van der Waals surface area contributed by atoms with Crippen LogP contribution in [0.15, 0.2) is 22.7 Å². The standard InChI is InChI=1S/C19H23N5O4/c1-12-10-23(13(2)25)8-7-22(12)11-14-3-4-16-15(9-14)18(21-28-16)24-6-5-17(26)20-19(24)27/h3-4,9,12H,5-8,10-11H2,1-2H3,(H,20,26,27)/t12-/m1/s1. The maximum absolute atomic E-state index is 12.1. The highest BCUT2D eigenvalue weighted by Gasteiger charge is 2.29. The highest BCUT2D eigenvalue weighted by molar-refractivity contribution is 6.08. The van der Waals surface area contributed by atoms with Crippen LogP contribution in [0.5, 0.6) is 0 Å². The number of piperazine rings is 1. The molecule has 1 atom stereocenters. The van der Waals surface area contributed by atoms with E-state index in [1.54, 1.807) is 6.92 Å². The molecule has 28 heavy (non-hydrogen) atoms. The smallest absolute Gasteiger partial charge is 0.329 e. The zero-order valence-corrected chi connectivity index (χ0v) is 16.0. The van der Waals surface area contributed by atoms with E-state index in [0.717, 1.165) is 37.1 Å². The Labute approximate surface area is 162 Å². The number of amides is 4. The average molecular weight is 385 g/mol. The molecule has 0 aliphatic carbocycles. The van der Waals surface area contributed by atoms with Crippen LogP contribution in [0.25, 0.3) is 11.0 Å². The molecule has 1 aromatic carbocycles. The third kappa shape index (κ3) is 3.45. The van der Waals surface area contributed by atoms with Crippen LogP contribution in [0.2, 0.25) is 0 Å². The third-order valence-electron chi connectivity index (χ3n) is 5.42. The molecule has 0 saturated carbocycles. The molecule has 148 valence electrons. The molecule has 0 bridgehead atoms. The minimum atomic E-state index is -0.481. The molecular formula is C19H23N5O4. The first-order chi connectivity index (χ1) is 13.4. The van der Waals surface area contributed by atoms with Gasteiger partial charge in [-0.2, -0.15) is 0 Å². The number of nitrogens with zero attached hydrogens (tertiary/aromatic N) is 4. The van der Waals surface area contributed by atoms with Gasteiger partial charge in [-0.3, -0.25) is 24.7 Å². The molecule has 4 amide bonds. The SMILES string of the molecule is CC(=O)N1CCN(Cc2ccc3onc(N4CCC(=O)NC4=O)c3c2)[C@H](C)C1. The van der Waals surface area contributed by atoms with E-state index in [1.807, 2.05) is 23.1 Å². The van der Waals surface area contributed by atoms with Crippen LogP contribution in [0.1, 0.15) is 25.8 Å². The van der Waals surface area contributed by atoms with Gasteiger partial charge in [0.15, 0.2) is 11.4 Å². The fourth-order valence-corrected chi connectivity index (χ4v) is 3.78. The Balaban J connectivity index is 1.54. The van der Waals surface area contributed by atoms with Crippen molar-refractivity contribution >= 4 is 34.6 Å². The van der Waals surface area contributed by atoms with Gasteiger partial charge in [0.2, 0.25) is 11.8 Å². The lowest BCUT2D eigenvalue weighted by molar-refractivity contribution is -0.131. The molecule has 1 N–H and O–H groups in total. The number of carbonyl (C=O) groups is 3. The predicted octanol–water partition coefficient (Wildman–Crippen LogP) is 1.33. The molecule has 0 unspecified atom stereocenters. The summed E-state index contributed by atoms with van der Waals surface area (Å²) in [5, 5.41) is 7.10. The molecule has 9 heteroatoms. The first-order valence-corrected chi connectivity index (χ1v) is 9.41. The number of hydrogen-bond acceptors (Lipinski definition) is 6. The summed E-state index contributed by atoms with van der Waals surface area (Å²) in [6.07, 6.45) is 0.234. The molecule has 0 radical (unpaired) electrons. The van der Waals surface area contributed by atoms with Crippen LogP contribution in [-0.4, -0.2) is 65.0 Å². The summed E-state index contributed by atoms with van der Waals surface area (Å²) in [7, 11) is 0. The van der Waals surface area contributed by atoms with Crippen LogP contribution in [0.4, 0.5) is 10.6 Å². The topological polar surface area (TPSA) is 99.0 Å². The van der Waals surface area contributed by atoms with Gasteiger partial charge in [0.05, 0.1) is 5.39 Å². The number of imide groups is 1. The molecule has 2 fully saturated rings.